The first-order chi connectivity index (χ1) is 12.2. The van der Waals surface area contributed by atoms with Crippen LogP contribution in [0.5, 0.6) is 5.75 Å². The van der Waals surface area contributed by atoms with Gasteiger partial charge in [0.15, 0.2) is 0 Å². The summed E-state index contributed by atoms with van der Waals surface area (Å²) in [4.78, 5) is 17.9. The fourth-order valence-electron chi connectivity index (χ4n) is 3.57. The van der Waals surface area contributed by atoms with Gasteiger partial charge in [-0.15, -0.1) is 0 Å². The number of ether oxygens (including phenoxy) is 1. The molecule has 2 aromatic carbocycles. The van der Waals surface area contributed by atoms with E-state index in [-0.39, 0.29) is 17.8 Å². The van der Waals surface area contributed by atoms with Gasteiger partial charge in [0.2, 0.25) is 0 Å². The number of hydrogen-bond acceptors (Lipinski definition) is 2. The van der Waals surface area contributed by atoms with Crippen LogP contribution in [0.15, 0.2) is 48.5 Å². The fraction of sp³-hybridized carbons (Fsp3) is 0.250. The molecule has 1 fully saturated rings. The van der Waals surface area contributed by atoms with Gasteiger partial charge in [0.05, 0.1) is 13.2 Å². The molecule has 5 heteroatoms. The van der Waals surface area contributed by atoms with Crippen LogP contribution in [0.25, 0.3) is 10.9 Å². The van der Waals surface area contributed by atoms with Crippen molar-refractivity contribution in [2.75, 3.05) is 13.7 Å². The Labute approximate surface area is 145 Å². The Kier molecular flexibility index (Phi) is 3.92. The average Bonchev–Trinajstić information content (AvgIpc) is 3.29. The van der Waals surface area contributed by atoms with Crippen molar-refractivity contribution in [3.8, 4) is 5.75 Å². The van der Waals surface area contributed by atoms with Gasteiger partial charge < -0.3 is 14.6 Å². The van der Waals surface area contributed by atoms with E-state index in [0.717, 1.165) is 24.2 Å². The quantitative estimate of drug-likeness (QED) is 0.774. The third-order valence-corrected chi connectivity index (χ3v) is 4.86. The van der Waals surface area contributed by atoms with Crippen molar-refractivity contribution >= 4 is 16.8 Å². The molecule has 1 aliphatic heterocycles. The number of carbonyl (C=O) groups is 1. The molecule has 1 saturated heterocycles. The van der Waals surface area contributed by atoms with Gasteiger partial charge in [0.25, 0.3) is 5.91 Å². The molecule has 4 rings (SSSR count). The van der Waals surface area contributed by atoms with Crippen LogP contribution in [0.2, 0.25) is 0 Å². The number of benzene rings is 2. The maximum Gasteiger partial charge on any atom is 0.270 e. The van der Waals surface area contributed by atoms with Crippen LogP contribution in [0, 0.1) is 5.82 Å². The van der Waals surface area contributed by atoms with Crippen LogP contribution in [0.3, 0.4) is 0 Å². The summed E-state index contributed by atoms with van der Waals surface area (Å²) in [5.74, 6) is 0.389. The van der Waals surface area contributed by atoms with E-state index in [4.69, 9.17) is 4.74 Å². The number of nitrogens with zero attached hydrogens (tertiary/aromatic N) is 1. The predicted molar refractivity (Wildman–Crippen MR) is 94.3 cm³/mol. The van der Waals surface area contributed by atoms with E-state index in [1.54, 1.807) is 25.3 Å². The molecule has 128 valence electrons. The Balaban J connectivity index is 1.64. The number of aromatic nitrogens is 1. The van der Waals surface area contributed by atoms with Crippen LogP contribution in [0.1, 0.15) is 34.9 Å². The van der Waals surface area contributed by atoms with Gasteiger partial charge in [-0.3, -0.25) is 4.79 Å². The summed E-state index contributed by atoms with van der Waals surface area (Å²) in [6.07, 6.45) is 1.88. The monoisotopic (exact) mass is 338 g/mol. The van der Waals surface area contributed by atoms with Crippen molar-refractivity contribution in [1.29, 1.82) is 0 Å². The molecule has 4 nitrogen and oxygen atoms in total. The standard InChI is InChI=1S/C20H19FN2O2/c1-25-14-9-7-13(8-10-14)19-6-3-11-23(19)20(24)18-12-15-16(21)4-2-5-17(15)22-18/h2,4-5,7-10,12,19,22H,3,6,11H2,1H3. The van der Waals surface area contributed by atoms with Crippen molar-refractivity contribution in [2.45, 2.75) is 18.9 Å². The molecule has 1 unspecified atom stereocenters. The lowest BCUT2D eigenvalue weighted by Gasteiger charge is -2.24. The third kappa shape index (κ3) is 2.76. The highest BCUT2D eigenvalue weighted by Crippen LogP contribution is 2.34. The summed E-state index contributed by atoms with van der Waals surface area (Å²) in [5.41, 5.74) is 2.16. The first-order valence-corrected chi connectivity index (χ1v) is 8.39. The van der Waals surface area contributed by atoms with Crippen molar-refractivity contribution in [1.82, 2.24) is 9.88 Å². The molecule has 0 spiro atoms. The molecule has 0 bridgehead atoms. The molecule has 25 heavy (non-hydrogen) atoms. The zero-order valence-corrected chi connectivity index (χ0v) is 14.0. The van der Waals surface area contributed by atoms with Crippen molar-refractivity contribution in [3.63, 3.8) is 0 Å². The second-order valence-corrected chi connectivity index (χ2v) is 6.31. The molecular weight excluding hydrogens is 319 g/mol. The van der Waals surface area contributed by atoms with Gasteiger partial charge in [-0.1, -0.05) is 18.2 Å². The van der Waals surface area contributed by atoms with Crippen LogP contribution in [-0.4, -0.2) is 29.4 Å². The number of H-pyrrole nitrogens is 1. The first-order valence-electron chi connectivity index (χ1n) is 8.39. The lowest BCUT2D eigenvalue weighted by Crippen LogP contribution is -2.30. The molecule has 1 amide bonds. The second kappa shape index (κ2) is 6.24. The van der Waals surface area contributed by atoms with Gasteiger partial charge in [-0.05, 0) is 48.7 Å². The first kappa shape index (κ1) is 15.7. The summed E-state index contributed by atoms with van der Waals surface area (Å²) in [6, 6.07) is 14.3. The van der Waals surface area contributed by atoms with E-state index in [2.05, 4.69) is 4.98 Å². The average molecular weight is 338 g/mol. The van der Waals surface area contributed by atoms with E-state index in [9.17, 15) is 9.18 Å². The highest BCUT2D eigenvalue weighted by molar-refractivity contribution is 5.98. The zero-order chi connectivity index (χ0) is 17.4. The normalized spacial score (nSPS) is 17.2. The zero-order valence-electron chi connectivity index (χ0n) is 14.0. The number of likely N-dealkylation sites (tertiary alicyclic amines) is 1. The van der Waals surface area contributed by atoms with Crippen molar-refractivity contribution < 1.29 is 13.9 Å². The Morgan fingerprint density at radius 3 is 2.76 bits per heavy atom. The summed E-state index contributed by atoms with van der Waals surface area (Å²) < 4.78 is 19.1. The summed E-state index contributed by atoms with van der Waals surface area (Å²) in [6.45, 7) is 0.702. The Morgan fingerprint density at radius 2 is 2.04 bits per heavy atom. The SMILES string of the molecule is COc1ccc(C2CCCN2C(=O)c2cc3c(F)cccc3[nH]2)cc1. The minimum absolute atomic E-state index is 0.0367. The summed E-state index contributed by atoms with van der Waals surface area (Å²) in [5, 5.41) is 0.450. The number of amides is 1. The molecular formula is C20H19FN2O2. The van der Waals surface area contributed by atoms with Gasteiger partial charge in [0.1, 0.15) is 17.3 Å². The maximum absolute atomic E-state index is 13.9. The molecule has 3 aromatic rings. The molecule has 1 aliphatic rings. The molecule has 0 aliphatic carbocycles. The molecule has 1 atom stereocenters. The number of fused-ring (bicyclic) bond motifs is 1. The van der Waals surface area contributed by atoms with E-state index in [1.165, 1.54) is 6.07 Å². The number of carbonyl (C=O) groups excluding carboxylic acids is 1. The van der Waals surface area contributed by atoms with E-state index in [0.29, 0.717) is 23.1 Å². The van der Waals surface area contributed by atoms with E-state index < -0.39 is 0 Å². The molecule has 2 heterocycles. The number of nitrogens with one attached hydrogen (secondary N) is 1. The summed E-state index contributed by atoms with van der Waals surface area (Å²) >= 11 is 0. The number of hydrogen-bond donors (Lipinski definition) is 1. The molecule has 0 saturated carbocycles. The number of aromatic amines is 1. The third-order valence-electron chi connectivity index (χ3n) is 4.86. The van der Waals surface area contributed by atoms with Gasteiger partial charge in [0, 0.05) is 17.4 Å². The molecule has 0 radical (unpaired) electrons. The Hall–Kier alpha value is -2.82. The van der Waals surface area contributed by atoms with Crippen LogP contribution in [-0.2, 0) is 0 Å². The Bertz CT molecular complexity index is 917. The topological polar surface area (TPSA) is 45.3 Å². The lowest BCUT2D eigenvalue weighted by atomic mass is 10.0. The smallest absolute Gasteiger partial charge is 0.270 e. The highest BCUT2D eigenvalue weighted by atomic mass is 19.1. The number of methoxy groups -OCH3 is 1. The van der Waals surface area contributed by atoms with E-state index in [1.807, 2.05) is 29.2 Å². The minimum Gasteiger partial charge on any atom is -0.497 e. The second-order valence-electron chi connectivity index (χ2n) is 6.31. The molecule has 1 aromatic heterocycles. The van der Waals surface area contributed by atoms with Crippen LogP contribution >= 0.6 is 0 Å². The minimum atomic E-state index is -0.319. The predicted octanol–water partition coefficient (Wildman–Crippen LogP) is 4.29. The summed E-state index contributed by atoms with van der Waals surface area (Å²) in [7, 11) is 1.63. The Morgan fingerprint density at radius 1 is 1.24 bits per heavy atom. The van der Waals surface area contributed by atoms with Crippen molar-refractivity contribution in [3.05, 3.63) is 65.6 Å². The van der Waals surface area contributed by atoms with Gasteiger partial charge >= 0.3 is 0 Å². The number of rotatable bonds is 3. The van der Waals surface area contributed by atoms with E-state index >= 15 is 0 Å². The molecule has 1 N–H and O–H groups in total. The largest absolute Gasteiger partial charge is 0.497 e. The van der Waals surface area contributed by atoms with Gasteiger partial charge in [-0.2, -0.15) is 0 Å². The van der Waals surface area contributed by atoms with Crippen molar-refractivity contribution in [2.24, 2.45) is 0 Å². The van der Waals surface area contributed by atoms with Gasteiger partial charge in [-0.25, -0.2) is 4.39 Å². The fourth-order valence-corrected chi connectivity index (χ4v) is 3.57. The number of halogens is 1. The maximum atomic E-state index is 13.9. The van der Waals surface area contributed by atoms with Crippen LogP contribution in [0.4, 0.5) is 4.39 Å². The van der Waals surface area contributed by atoms with Crippen LogP contribution < -0.4 is 4.74 Å². The lowest BCUT2D eigenvalue weighted by molar-refractivity contribution is 0.0730. The highest BCUT2D eigenvalue weighted by Gasteiger charge is 2.31.